The zero-order chi connectivity index (χ0) is 19.1. The molecule has 1 aliphatic carbocycles. The summed E-state index contributed by atoms with van der Waals surface area (Å²) in [5.74, 6) is 0.574. The summed E-state index contributed by atoms with van der Waals surface area (Å²) < 4.78 is 10.7. The number of hydrogen-bond donors (Lipinski definition) is 1. The van der Waals surface area contributed by atoms with Crippen molar-refractivity contribution in [2.24, 2.45) is 17.3 Å². The number of aryl methyl sites for hydroxylation is 1. The zero-order valence-electron chi connectivity index (χ0n) is 16.3. The molecule has 4 heteroatoms. The highest BCUT2D eigenvalue weighted by Crippen LogP contribution is 2.57. The molecule has 1 heterocycles. The number of fused-ring (bicyclic) bond motifs is 2. The smallest absolute Gasteiger partial charge is 0.305 e. The van der Waals surface area contributed by atoms with E-state index in [1.54, 1.807) is 0 Å². The van der Waals surface area contributed by atoms with Crippen molar-refractivity contribution in [2.75, 3.05) is 20.3 Å². The number of carbonyl (C=O) groups excluding carboxylic acids is 1. The van der Waals surface area contributed by atoms with Gasteiger partial charge >= 0.3 is 5.97 Å². The molecule has 0 amide bonds. The molecule has 0 spiro atoms. The number of hydrogen-bond acceptors (Lipinski definition) is 4. The summed E-state index contributed by atoms with van der Waals surface area (Å²) in [7, 11) is 1.43. The summed E-state index contributed by atoms with van der Waals surface area (Å²) in [4.78, 5) is 11.2. The van der Waals surface area contributed by atoms with Gasteiger partial charge in [0.25, 0.3) is 0 Å². The first-order valence-electron chi connectivity index (χ1n) is 10.2. The Morgan fingerprint density at radius 2 is 2.15 bits per heavy atom. The van der Waals surface area contributed by atoms with Gasteiger partial charge in [0.1, 0.15) is 0 Å². The lowest BCUT2D eigenvalue weighted by Crippen LogP contribution is -2.38. The van der Waals surface area contributed by atoms with Crippen LogP contribution in [0.25, 0.3) is 0 Å². The molecule has 0 aromatic heterocycles. The number of unbranched alkanes of at least 4 members (excludes halogenated alkanes) is 1. The minimum absolute atomic E-state index is 0.145. The van der Waals surface area contributed by atoms with E-state index in [2.05, 4.69) is 47.2 Å². The van der Waals surface area contributed by atoms with E-state index in [1.807, 2.05) is 0 Å². The lowest BCUT2D eigenvalue weighted by Gasteiger charge is -2.38. The molecule has 4 atom stereocenters. The quantitative estimate of drug-likeness (QED) is 0.384. The van der Waals surface area contributed by atoms with E-state index in [9.17, 15) is 9.90 Å². The van der Waals surface area contributed by atoms with Crippen LogP contribution in [-0.2, 0) is 20.7 Å². The number of aliphatic hydroxyl groups is 1. The fourth-order valence-electron chi connectivity index (χ4n) is 4.93. The summed E-state index contributed by atoms with van der Waals surface area (Å²) in [5.41, 5.74) is 1.56. The lowest BCUT2D eigenvalue weighted by molar-refractivity contribution is -0.140. The van der Waals surface area contributed by atoms with Gasteiger partial charge in [0, 0.05) is 24.4 Å². The van der Waals surface area contributed by atoms with Crippen LogP contribution in [0.15, 0.2) is 42.5 Å². The third-order valence-electron chi connectivity index (χ3n) is 6.47. The molecule has 0 unspecified atom stereocenters. The molecule has 2 bridgehead atoms. The second kappa shape index (κ2) is 9.52. The third-order valence-corrected chi connectivity index (χ3v) is 6.47. The Morgan fingerprint density at radius 3 is 2.89 bits per heavy atom. The normalized spacial score (nSPS) is 29.5. The first-order valence-corrected chi connectivity index (χ1v) is 10.2. The van der Waals surface area contributed by atoms with E-state index in [0.717, 1.165) is 45.1 Å². The number of ether oxygens (including phenoxy) is 2. The van der Waals surface area contributed by atoms with Gasteiger partial charge in [-0.3, -0.25) is 4.79 Å². The Hall–Kier alpha value is -1.65. The van der Waals surface area contributed by atoms with Crippen molar-refractivity contribution in [1.82, 2.24) is 0 Å². The van der Waals surface area contributed by atoms with Gasteiger partial charge in [-0.2, -0.15) is 0 Å². The molecule has 148 valence electrons. The van der Waals surface area contributed by atoms with E-state index in [4.69, 9.17) is 4.74 Å². The molecule has 0 radical (unpaired) electrons. The van der Waals surface area contributed by atoms with Gasteiger partial charge in [0.15, 0.2) is 0 Å². The monoisotopic (exact) mass is 372 g/mol. The van der Waals surface area contributed by atoms with Crippen molar-refractivity contribution in [2.45, 2.75) is 51.0 Å². The second-order valence-corrected chi connectivity index (χ2v) is 8.03. The molecular weight excluding hydrogens is 340 g/mol. The highest BCUT2D eigenvalue weighted by Gasteiger charge is 2.57. The van der Waals surface area contributed by atoms with E-state index in [0.29, 0.717) is 12.3 Å². The van der Waals surface area contributed by atoms with Crippen LogP contribution >= 0.6 is 0 Å². The average Bonchev–Trinajstić information content (AvgIpc) is 3.26. The molecule has 1 saturated heterocycles. The number of methoxy groups -OCH3 is 1. The van der Waals surface area contributed by atoms with Gasteiger partial charge in [0.2, 0.25) is 0 Å². The van der Waals surface area contributed by atoms with Crippen LogP contribution in [0.1, 0.15) is 44.1 Å². The lowest BCUT2D eigenvalue weighted by atomic mass is 9.70. The van der Waals surface area contributed by atoms with Crippen molar-refractivity contribution >= 4 is 5.97 Å². The van der Waals surface area contributed by atoms with Gasteiger partial charge in [-0.15, -0.1) is 0 Å². The number of allylic oxidation sites excluding steroid dienone is 2. The number of rotatable bonds is 10. The highest BCUT2D eigenvalue weighted by molar-refractivity contribution is 5.69. The van der Waals surface area contributed by atoms with Gasteiger partial charge in [0.05, 0.1) is 19.8 Å². The molecule has 27 heavy (non-hydrogen) atoms. The number of aliphatic hydroxyl groups excluding tert-OH is 1. The van der Waals surface area contributed by atoms with Crippen LogP contribution in [0.3, 0.4) is 0 Å². The van der Waals surface area contributed by atoms with Crippen molar-refractivity contribution in [3.8, 4) is 0 Å². The van der Waals surface area contributed by atoms with Crippen molar-refractivity contribution in [1.29, 1.82) is 0 Å². The van der Waals surface area contributed by atoms with Crippen molar-refractivity contribution in [3.05, 3.63) is 48.0 Å². The Balaban J connectivity index is 1.56. The molecule has 3 rings (SSSR count). The predicted octanol–water partition coefficient (Wildman–Crippen LogP) is 3.92. The van der Waals surface area contributed by atoms with Gasteiger partial charge < -0.3 is 14.6 Å². The molecule has 1 saturated carbocycles. The van der Waals surface area contributed by atoms with E-state index < -0.39 is 0 Å². The van der Waals surface area contributed by atoms with Crippen molar-refractivity contribution in [3.63, 3.8) is 0 Å². The minimum Gasteiger partial charge on any atom is -0.469 e. The minimum atomic E-state index is -0.145. The summed E-state index contributed by atoms with van der Waals surface area (Å²) in [6, 6.07) is 10.6. The second-order valence-electron chi connectivity index (χ2n) is 8.03. The maximum absolute atomic E-state index is 11.2. The maximum atomic E-state index is 11.2. The first-order chi connectivity index (χ1) is 13.2. The fourth-order valence-corrected chi connectivity index (χ4v) is 4.93. The zero-order valence-corrected chi connectivity index (χ0v) is 16.3. The average molecular weight is 373 g/mol. The Bertz CT molecular complexity index is 627. The van der Waals surface area contributed by atoms with Crippen LogP contribution in [0.5, 0.6) is 0 Å². The Labute approximate surface area is 162 Å². The van der Waals surface area contributed by atoms with Crippen molar-refractivity contribution < 1.29 is 19.4 Å². The molecule has 2 aliphatic rings. The van der Waals surface area contributed by atoms with E-state index in [1.165, 1.54) is 12.7 Å². The van der Waals surface area contributed by atoms with E-state index in [-0.39, 0.29) is 30.0 Å². The fraction of sp³-hybridized carbons (Fsp3) is 0.609. The molecular formula is C23H32O4. The van der Waals surface area contributed by atoms with E-state index >= 15 is 0 Å². The summed E-state index contributed by atoms with van der Waals surface area (Å²) in [5, 5.41) is 9.93. The largest absolute Gasteiger partial charge is 0.469 e. The van der Waals surface area contributed by atoms with Gasteiger partial charge in [-0.25, -0.2) is 0 Å². The van der Waals surface area contributed by atoms with Crippen LogP contribution in [-0.4, -0.2) is 37.5 Å². The SMILES string of the molecule is COC(=O)CCCC=CC[C@@H]1[C@@H](CO)[C@H]2C[C@]1(CCc1ccccc1)CO2. The summed E-state index contributed by atoms with van der Waals surface area (Å²) in [6.45, 7) is 1.03. The van der Waals surface area contributed by atoms with Gasteiger partial charge in [-0.05, 0) is 50.0 Å². The van der Waals surface area contributed by atoms with Crippen LogP contribution in [0, 0.1) is 17.3 Å². The number of benzene rings is 1. The summed E-state index contributed by atoms with van der Waals surface area (Å²) in [6.07, 6.45) is 11.1. The molecule has 1 N–H and O–H groups in total. The standard InChI is InChI=1S/C23H32O4/c1-26-22(25)12-8-3-2-7-11-20-19(16-24)21-15-23(20,17-27-21)14-13-18-9-5-4-6-10-18/h2,4-7,9-10,19-21,24H,3,8,11-17H2,1H3/t19-,20-,21-,23-/m1/s1. The predicted molar refractivity (Wildman–Crippen MR) is 105 cm³/mol. The number of esters is 1. The first kappa shape index (κ1) is 20.1. The van der Waals surface area contributed by atoms with Crippen LogP contribution in [0.2, 0.25) is 0 Å². The summed E-state index contributed by atoms with van der Waals surface area (Å²) >= 11 is 0. The number of carbonyl (C=O) groups is 1. The maximum Gasteiger partial charge on any atom is 0.305 e. The molecule has 1 aliphatic heterocycles. The molecule has 1 aromatic carbocycles. The van der Waals surface area contributed by atoms with Gasteiger partial charge in [-0.1, -0.05) is 42.5 Å². The molecule has 4 nitrogen and oxygen atoms in total. The molecule has 1 aromatic rings. The van der Waals surface area contributed by atoms with Crippen LogP contribution in [0.4, 0.5) is 0 Å². The Kier molecular flexibility index (Phi) is 7.08. The Morgan fingerprint density at radius 1 is 1.33 bits per heavy atom. The molecule has 2 fully saturated rings. The topological polar surface area (TPSA) is 55.8 Å². The van der Waals surface area contributed by atoms with Crippen LogP contribution < -0.4 is 0 Å². The highest BCUT2D eigenvalue weighted by atomic mass is 16.5. The third kappa shape index (κ3) is 4.80.